The third-order valence-corrected chi connectivity index (χ3v) is 4.15. The monoisotopic (exact) mass is 365 g/mol. The molecule has 0 bridgehead atoms. The van der Waals surface area contributed by atoms with E-state index in [-0.39, 0.29) is 49.1 Å². The average molecular weight is 365 g/mol. The van der Waals surface area contributed by atoms with Crippen LogP contribution in [0.3, 0.4) is 0 Å². The number of carbonyl (C=O) groups is 5. The fraction of sp³-hybridized carbons (Fsp3) is 0.471. The van der Waals surface area contributed by atoms with Crippen molar-refractivity contribution in [1.29, 1.82) is 0 Å². The van der Waals surface area contributed by atoms with Crippen LogP contribution < -0.4 is 0 Å². The number of rotatable bonds is 8. The number of ether oxygens (including phenoxy) is 3. The second-order valence-corrected chi connectivity index (χ2v) is 5.70. The summed E-state index contributed by atoms with van der Waals surface area (Å²) in [5.74, 6) is -2.09. The van der Waals surface area contributed by atoms with Crippen LogP contribution in [-0.2, 0) is 41.4 Å². The lowest BCUT2D eigenvalue weighted by Gasteiger charge is -2.10. The molecule has 2 heterocycles. The fourth-order valence-corrected chi connectivity index (χ4v) is 2.80. The zero-order chi connectivity index (χ0) is 19.3. The van der Waals surface area contributed by atoms with Gasteiger partial charge in [-0.25, -0.2) is 0 Å². The van der Waals surface area contributed by atoms with Crippen LogP contribution in [0.1, 0.15) is 51.4 Å². The van der Waals surface area contributed by atoms with Gasteiger partial charge in [0.15, 0.2) is 12.4 Å². The highest BCUT2D eigenvalue weighted by Gasteiger charge is 2.34. The standard InChI is InChI=1S/C17H19NO8/c1-24-13(20)5-3-9-10(7-15(22)25-2)11(8-19)18-16(9)17(23)12-4-6-14(21)26-12/h8,12,18H,3-7H2,1-2H3. The highest BCUT2D eigenvalue weighted by atomic mass is 16.6. The summed E-state index contributed by atoms with van der Waals surface area (Å²) in [4.78, 5) is 61.2. The molecule has 1 aromatic rings. The number of hydrogen-bond donors (Lipinski definition) is 1. The summed E-state index contributed by atoms with van der Waals surface area (Å²) < 4.78 is 14.2. The minimum absolute atomic E-state index is 0.0444. The summed E-state index contributed by atoms with van der Waals surface area (Å²) in [6.45, 7) is 0. The first-order valence-corrected chi connectivity index (χ1v) is 7.97. The van der Waals surface area contributed by atoms with E-state index in [4.69, 9.17) is 4.74 Å². The van der Waals surface area contributed by atoms with Crippen LogP contribution in [0.4, 0.5) is 0 Å². The molecule has 1 unspecified atom stereocenters. The number of aromatic amines is 1. The summed E-state index contributed by atoms with van der Waals surface area (Å²) in [6.07, 6.45) is -0.327. The van der Waals surface area contributed by atoms with E-state index in [0.717, 1.165) is 0 Å². The maximum Gasteiger partial charge on any atom is 0.310 e. The number of carbonyl (C=O) groups excluding carboxylic acids is 5. The highest BCUT2D eigenvalue weighted by Crippen LogP contribution is 2.26. The van der Waals surface area contributed by atoms with Gasteiger partial charge in [-0.05, 0) is 17.5 Å². The molecule has 140 valence electrons. The normalized spacial score (nSPS) is 16.1. The summed E-state index contributed by atoms with van der Waals surface area (Å²) in [5.41, 5.74) is 0.719. The molecular formula is C17H19NO8. The number of H-pyrrole nitrogens is 1. The topological polar surface area (TPSA) is 129 Å². The predicted octanol–water partition coefficient (Wildman–Crippen LogP) is 0.537. The summed E-state index contributed by atoms with van der Waals surface area (Å²) in [7, 11) is 2.43. The van der Waals surface area contributed by atoms with E-state index in [1.165, 1.54) is 14.2 Å². The third kappa shape index (κ3) is 4.16. The number of ketones is 1. The number of cyclic esters (lactones) is 1. The molecule has 1 saturated heterocycles. The molecule has 1 aliphatic rings. The maximum absolute atomic E-state index is 12.7. The van der Waals surface area contributed by atoms with Gasteiger partial charge >= 0.3 is 17.9 Å². The van der Waals surface area contributed by atoms with E-state index >= 15 is 0 Å². The molecule has 0 spiro atoms. The second kappa shape index (κ2) is 8.41. The van der Waals surface area contributed by atoms with Gasteiger partial charge in [0.05, 0.1) is 32.0 Å². The Morgan fingerprint density at radius 2 is 1.88 bits per heavy atom. The van der Waals surface area contributed by atoms with Crippen LogP contribution in [0, 0.1) is 0 Å². The van der Waals surface area contributed by atoms with Crippen LogP contribution in [0.5, 0.6) is 0 Å². The zero-order valence-electron chi connectivity index (χ0n) is 14.5. The first-order chi connectivity index (χ1) is 12.4. The van der Waals surface area contributed by atoms with E-state index in [2.05, 4.69) is 14.5 Å². The number of esters is 3. The van der Waals surface area contributed by atoms with Crippen molar-refractivity contribution in [3.8, 4) is 0 Å². The Morgan fingerprint density at radius 3 is 2.42 bits per heavy atom. The third-order valence-electron chi connectivity index (χ3n) is 4.15. The van der Waals surface area contributed by atoms with Crippen LogP contribution in [-0.4, -0.2) is 55.3 Å². The summed E-state index contributed by atoms with van der Waals surface area (Å²) in [5, 5.41) is 0. The Kier molecular flexibility index (Phi) is 6.26. The molecule has 2 rings (SSSR count). The van der Waals surface area contributed by atoms with Crippen molar-refractivity contribution in [2.45, 2.75) is 38.2 Å². The first-order valence-electron chi connectivity index (χ1n) is 7.97. The number of nitrogens with one attached hydrogen (secondary N) is 1. The highest BCUT2D eigenvalue weighted by molar-refractivity contribution is 6.03. The van der Waals surface area contributed by atoms with Crippen molar-refractivity contribution in [2.24, 2.45) is 0 Å². The number of aldehydes is 1. The molecule has 0 saturated carbocycles. The Morgan fingerprint density at radius 1 is 1.19 bits per heavy atom. The SMILES string of the molecule is COC(=O)CCc1c(C(=O)C2CCC(=O)O2)[nH]c(C=O)c1CC(=O)OC. The van der Waals surface area contributed by atoms with Gasteiger partial charge in [0, 0.05) is 19.3 Å². The molecule has 0 amide bonds. The average Bonchev–Trinajstić information content (AvgIpc) is 3.22. The van der Waals surface area contributed by atoms with Gasteiger partial charge in [-0.3, -0.25) is 24.0 Å². The van der Waals surface area contributed by atoms with Crippen molar-refractivity contribution in [1.82, 2.24) is 4.98 Å². The van der Waals surface area contributed by atoms with Crippen molar-refractivity contribution in [3.05, 3.63) is 22.5 Å². The Hall–Kier alpha value is -2.97. The van der Waals surface area contributed by atoms with Gasteiger partial charge in [0.25, 0.3) is 0 Å². The molecule has 0 aliphatic carbocycles. The van der Waals surface area contributed by atoms with Crippen molar-refractivity contribution >= 4 is 30.0 Å². The predicted molar refractivity (Wildman–Crippen MR) is 85.7 cm³/mol. The molecule has 1 aliphatic heterocycles. The largest absolute Gasteiger partial charge is 0.469 e. The lowest BCUT2D eigenvalue weighted by atomic mass is 9.97. The molecule has 1 atom stereocenters. The van der Waals surface area contributed by atoms with E-state index in [1.807, 2.05) is 0 Å². The summed E-state index contributed by atoms with van der Waals surface area (Å²) >= 11 is 0. The minimum atomic E-state index is -0.955. The van der Waals surface area contributed by atoms with Crippen molar-refractivity contribution in [3.63, 3.8) is 0 Å². The summed E-state index contributed by atoms with van der Waals surface area (Å²) in [6, 6.07) is 0. The van der Waals surface area contributed by atoms with Gasteiger partial charge in [-0.2, -0.15) is 0 Å². The molecule has 1 fully saturated rings. The molecule has 0 aromatic carbocycles. The lowest BCUT2D eigenvalue weighted by molar-refractivity contribution is -0.141. The molecular weight excluding hydrogens is 346 g/mol. The van der Waals surface area contributed by atoms with Crippen LogP contribution in [0.15, 0.2) is 0 Å². The zero-order valence-corrected chi connectivity index (χ0v) is 14.5. The Bertz CT molecular complexity index is 748. The van der Waals surface area contributed by atoms with Crippen LogP contribution >= 0.6 is 0 Å². The Balaban J connectivity index is 2.42. The van der Waals surface area contributed by atoms with Crippen molar-refractivity contribution in [2.75, 3.05) is 14.2 Å². The first kappa shape index (κ1) is 19.4. The molecule has 0 radical (unpaired) electrons. The maximum atomic E-state index is 12.7. The second-order valence-electron chi connectivity index (χ2n) is 5.70. The molecule has 1 N–H and O–H groups in total. The van der Waals surface area contributed by atoms with E-state index < -0.39 is 29.8 Å². The van der Waals surface area contributed by atoms with Gasteiger partial charge in [-0.1, -0.05) is 0 Å². The van der Waals surface area contributed by atoms with Gasteiger partial charge in [-0.15, -0.1) is 0 Å². The van der Waals surface area contributed by atoms with Crippen LogP contribution in [0.25, 0.3) is 0 Å². The number of methoxy groups -OCH3 is 2. The number of Topliss-reactive ketones (excluding diaryl/α,β-unsaturated/α-hetero) is 1. The quantitative estimate of drug-likeness (QED) is 0.306. The number of hydrogen-bond acceptors (Lipinski definition) is 8. The number of aromatic nitrogens is 1. The molecule has 9 nitrogen and oxygen atoms in total. The van der Waals surface area contributed by atoms with E-state index in [9.17, 15) is 24.0 Å². The van der Waals surface area contributed by atoms with E-state index in [0.29, 0.717) is 11.8 Å². The van der Waals surface area contributed by atoms with Gasteiger partial charge in [0.2, 0.25) is 5.78 Å². The van der Waals surface area contributed by atoms with E-state index in [1.54, 1.807) is 0 Å². The fourth-order valence-electron chi connectivity index (χ4n) is 2.80. The smallest absolute Gasteiger partial charge is 0.310 e. The molecule has 9 heteroatoms. The van der Waals surface area contributed by atoms with Crippen molar-refractivity contribution < 1.29 is 38.2 Å². The molecule has 1 aromatic heterocycles. The van der Waals surface area contributed by atoms with Gasteiger partial charge in [0.1, 0.15) is 0 Å². The van der Waals surface area contributed by atoms with Gasteiger partial charge < -0.3 is 19.2 Å². The van der Waals surface area contributed by atoms with Crippen LogP contribution in [0.2, 0.25) is 0 Å². The molecule has 26 heavy (non-hydrogen) atoms. The Labute approximate surface area is 149 Å². The lowest BCUT2D eigenvalue weighted by Crippen LogP contribution is -2.22. The minimum Gasteiger partial charge on any atom is -0.469 e.